The molecule has 0 aromatic heterocycles. The molecule has 0 aliphatic rings. The minimum atomic E-state index is -0.366. The van der Waals surface area contributed by atoms with E-state index in [-0.39, 0.29) is 5.97 Å². The summed E-state index contributed by atoms with van der Waals surface area (Å²) in [6, 6.07) is 5.56. The molecule has 15 heavy (non-hydrogen) atoms. The lowest BCUT2D eigenvalue weighted by Crippen LogP contribution is -2.05. The molecular formula is C12H16O3. The Balaban J connectivity index is 3.19. The Morgan fingerprint density at radius 1 is 1.27 bits per heavy atom. The second kappa shape index (κ2) is 4.82. The van der Waals surface area contributed by atoms with E-state index in [1.807, 2.05) is 12.1 Å². The summed E-state index contributed by atoms with van der Waals surface area (Å²) in [5, 5.41) is 0. The van der Waals surface area contributed by atoms with Gasteiger partial charge in [0, 0.05) is 0 Å². The number of methoxy groups -OCH3 is 2. The minimum absolute atomic E-state index is 0.366. The summed E-state index contributed by atoms with van der Waals surface area (Å²) in [6.07, 6.45) is 0. The molecule has 0 aliphatic heterocycles. The molecule has 0 fully saturated rings. The molecular weight excluding hydrogens is 192 g/mol. The molecule has 3 heteroatoms. The van der Waals surface area contributed by atoms with Gasteiger partial charge in [-0.05, 0) is 23.6 Å². The molecule has 0 spiro atoms. The molecule has 0 aliphatic carbocycles. The molecule has 0 radical (unpaired) electrons. The van der Waals surface area contributed by atoms with Gasteiger partial charge in [0.05, 0.1) is 14.2 Å². The van der Waals surface area contributed by atoms with E-state index in [1.54, 1.807) is 6.07 Å². The maximum atomic E-state index is 11.5. The minimum Gasteiger partial charge on any atom is -0.496 e. The highest BCUT2D eigenvalue weighted by molar-refractivity contribution is 5.92. The predicted molar refractivity (Wildman–Crippen MR) is 58.4 cm³/mol. The van der Waals surface area contributed by atoms with Crippen LogP contribution in [0.4, 0.5) is 0 Å². The third-order valence-corrected chi connectivity index (χ3v) is 2.30. The molecule has 0 atom stereocenters. The van der Waals surface area contributed by atoms with Gasteiger partial charge in [-0.15, -0.1) is 0 Å². The van der Waals surface area contributed by atoms with Crippen molar-refractivity contribution >= 4 is 5.97 Å². The number of hydrogen-bond acceptors (Lipinski definition) is 3. The lowest BCUT2D eigenvalue weighted by molar-refractivity contribution is 0.0597. The number of carbonyl (C=O) groups is 1. The fourth-order valence-electron chi connectivity index (χ4n) is 1.35. The van der Waals surface area contributed by atoms with Crippen LogP contribution in [-0.4, -0.2) is 20.2 Å². The third-order valence-electron chi connectivity index (χ3n) is 2.30. The molecule has 0 saturated carbocycles. The first kappa shape index (κ1) is 11.6. The average molecular weight is 208 g/mol. The zero-order chi connectivity index (χ0) is 11.4. The molecule has 0 unspecified atom stereocenters. The van der Waals surface area contributed by atoms with Crippen molar-refractivity contribution in [1.29, 1.82) is 0 Å². The summed E-state index contributed by atoms with van der Waals surface area (Å²) in [7, 11) is 2.90. The highest BCUT2D eigenvalue weighted by Gasteiger charge is 2.14. The van der Waals surface area contributed by atoms with Gasteiger partial charge in [-0.25, -0.2) is 4.79 Å². The Morgan fingerprint density at radius 3 is 2.40 bits per heavy atom. The van der Waals surface area contributed by atoms with E-state index in [2.05, 4.69) is 13.8 Å². The van der Waals surface area contributed by atoms with Gasteiger partial charge in [0.15, 0.2) is 0 Å². The second-order valence-electron chi connectivity index (χ2n) is 3.61. The Hall–Kier alpha value is -1.51. The number of esters is 1. The van der Waals surface area contributed by atoms with Crippen LogP contribution < -0.4 is 4.74 Å². The van der Waals surface area contributed by atoms with Gasteiger partial charge in [0.25, 0.3) is 0 Å². The maximum absolute atomic E-state index is 11.5. The largest absolute Gasteiger partial charge is 0.496 e. The second-order valence-corrected chi connectivity index (χ2v) is 3.61. The van der Waals surface area contributed by atoms with Crippen molar-refractivity contribution in [2.45, 2.75) is 19.8 Å². The summed E-state index contributed by atoms with van der Waals surface area (Å²) >= 11 is 0. The highest BCUT2D eigenvalue weighted by atomic mass is 16.5. The third kappa shape index (κ3) is 2.49. The molecule has 0 bridgehead atoms. The number of carbonyl (C=O) groups excluding carboxylic acids is 1. The van der Waals surface area contributed by atoms with Crippen molar-refractivity contribution in [3.8, 4) is 5.75 Å². The van der Waals surface area contributed by atoms with Gasteiger partial charge in [-0.2, -0.15) is 0 Å². The van der Waals surface area contributed by atoms with Gasteiger partial charge >= 0.3 is 5.97 Å². The number of ether oxygens (including phenoxy) is 2. The van der Waals surface area contributed by atoms with E-state index in [0.29, 0.717) is 17.2 Å². The predicted octanol–water partition coefficient (Wildman–Crippen LogP) is 2.61. The lowest BCUT2D eigenvalue weighted by Gasteiger charge is -2.11. The zero-order valence-corrected chi connectivity index (χ0v) is 9.53. The topological polar surface area (TPSA) is 35.5 Å². The van der Waals surface area contributed by atoms with Crippen molar-refractivity contribution in [1.82, 2.24) is 0 Å². The molecule has 0 saturated heterocycles. The molecule has 1 aromatic carbocycles. The van der Waals surface area contributed by atoms with E-state index in [9.17, 15) is 4.79 Å². The lowest BCUT2D eigenvalue weighted by atomic mass is 10.0. The SMILES string of the molecule is COC(=O)c1cc(C(C)C)ccc1OC. The Kier molecular flexibility index (Phi) is 3.72. The Labute approximate surface area is 90.0 Å². The molecule has 0 amide bonds. The van der Waals surface area contributed by atoms with Gasteiger partial charge in [-0.3, -0.25) is 0 Å². The standard InChI is InChI=1S/C12H16O3/c1-8(2)9-5-6-11(14-3)10(7-9)12(13)15-4/h5-8H,1-4H3. The van der Waals surface area contributed by atoms with E-state index in [0.717, 1.165) is 5.56 Å². The molecule has 1 aromatic rings. The van der Waals surface area contributed by atoms with Gasteiger partial charge in [-0.1, -0.05) is 19.9 Å². The van der Waals surface area contributed by atoms with Crippen LogP contribution in [0.25, 0.3) is 0 Å². The number of rotatable bonds is 3. The van der Waals surface area contributed by atoms with Gasteiger partial charge < -0.3 is 9.47 Å². The van der Waals surface area contributed by atoms with E-state index in [4.69, 9.17) is 9.47 Å². The normalized spacial score (nSPS) is 10.2. The van der Waals surface area contributed by atoms with Crippen LogP contribution in [0.5, 0.6) is 5.75 Å². The summed E-state index contributed by atoms with van der Waals surface area (Å²) in [5.41, 5.74) is 1.57. The van der Waals surface area contributed by atoms with Crippen molar-refractivity contribution in [2.75, 3.05) is 14.2 Å². The van der Waals surface area contributed by atoms with Crippen molar-refractivity contribution < 1.29 is 14.3 Å². The van der Waals surface area contributed by atoms with Gasteiger partial charge in [0.1, 0.15) is 11.3 Å². The number of hydrogen-bond donors (Lipinski definition) is 0. The first-order valence-corrected chi connectivity index (χ1v) is 4.86. The van der Waals surface area contributed by atoms with E-state index < -0.39 is 0 Å². The summed E-state index contributed by atoms with van der Waals surface area (Å²) in [4.78, 5) is 11.5. The Bertz CT molecular complexity index is 356. The molecule has 3 nitrogen and oxygen atoms in total. The van der Waals surface area contributed by atoms with Crippen LogP contribution in [0.1, 0.15) is 35.7 Å². The van der Waals surface area contributed by atoms with Crippen LogP contribution in [0, 0.1) is 0 Å². The van der Waals surface area contributed by atoms with Crippen LogP contribution >= 0.6 is 0 Å². The van der Waals surface area contributed by atoms with Gasteiger partial charge in [0.2, 0.25) is 0 Å². The molecule has 0 heterocycles. The van der Waals surface area contributed by atoms with Crippen LogP contribution in [0.15, 0.2) is 18.2 Å². The fourth-order valence-corrected chi connectivity index (χ4v) is 1.35. The maximum Gasteiger partial charge on any atom is 0.341 e. The van der Waals surface area contributed by atoms with Crippen LogP contribution in [-0.2, 0) is 4.74 Å². The van der Waals surface area contributed by atoms with Crippen LogP contribution in [0.3, 0.4) is 0 Å². The molecule has 1 rings (SSSR count). The first-order valence-electron chi connectivity index (χ1n) is 4.86. The van der Waals surface area contributed by atoms with E-state index in [1.165, 1.54) is 14.2 Å². The molecule has 82 valence electrons. The first-order chi connectivity index (χ1) is 7.10. The quantitative estimate of drug-likeness (QED) is 0.716. The van der Waals surface area contributed by atoms with Crippen molar-refractivity contribution in [3.63, 3.8) is 0 Å². The summed E-state index contributed by atoms with van der Waals surface area (Å²) in [5.74, 6) is 0.555. The Morgan fingerprint density at radius 2 is 1.93 bits per heavy atom. The summed E-state index contributed by atoms with van der Waals surface area (Å²) < 4.78 is 9.80. The average Bonchev–Trinajstić information content (AvgIpc) is 2.27. The number of benzene rings is 1. The monoisotopic (exact) mass is 208 g/mol. The smallest absolute Gasteiger partial charge is 0.341 e. The summed E-state index contributed by atoms with van der Waals surface area (Å²) in [6.45, 7) is 4.14. The fraction of sp³-hybridized carbons (Fsp3) is 0.417. The molecule has 0 N–H and O–H groups in total. The van der Waals surface area contributed by atoms with Crippen LogP contribution in [0.2, 0.25) is 0 Å². The van der Waals surface area contributed by atoms with Crippen molar-refractivity contribution in [3.05, 3.63) is 29.3 Å². The zero-order valence-electron chi connectivity index (χ0n) is 9.53. The van der Waals surface area contributed by atoms with Crippen molar-refractivity contribution in [2.24, 2.45) is 0 Å². The van der Waals surface area contributed by atoms with E-state index >= 15 is 0 Å². The highest BCUT2D eigenvalue weighted by Crippen LogP contribution is 2.24.